The topological polar surface area (TPSA) is 90.9 Å². The summed E-state index contributed by atoms with van der Waals surface area (Å²) in [6.07, 6.45) is -2.66. The van der Waals surface area contributed by atoms with Crippen LogP contribution in [0.4, 0.5) is 20.3 Å². The highest BCUT2D eigenvalue weighted by Gasteiger charge is 2.15. The molecule has 0 radical (unpaired) electrons. The minimum Gasteiger partial charge on any atom is -0.397 e. The Bertz CT molecular complexity index is 314. The first-order valence-corrected chi connectivity index (χ1v) is 3.59. The molecule has 0 unspecified atom stereocenters. The number of nitrogens with two attached hydrogens (primary N) is 3. The van der Waals surface area contributed by atoms with Crippen LogP contribution in [0.1, 0.15) is 17.7 Å². The van der Waals surface area contributed by atoms with Gasteiger partial charge in [-0.2, -0.15) is 0 Å². The van der Waals surface area contributed by atoms with Crippen molar-refractivity contribution in [2.75, 3.05) is 11.5 Å². The molecule has 1 aromatic heterocycles. The van der Waals surface area contributed by atoms with Gasteiger partial charge in [0.1, 0.15) is 5.82 Å². The number of pyridine rings is 1. The van der Waals surface area contributed by atoms with Gasteiger partial charge in [-0.05, 0) is 6.07 Å². The molecule has 72 valence electrons. The third kappa shape index (κ3) is 1.83. The van der Waals surface area contributed by atoms with E-state index in [1.807, 2.05) is 0 Å². The van der Waals surface area contributed by atoms with Crippen LogP contribution in [0, 0.1) is 0 Å². The minimum atomic E-state index is -2.66. The van der Waals surface area contributed by atoms with Gasteiger partial charge in [0, 0.05) is 12.1 Å². The minimum absolute atomic E-state index is 0.00338. The second kappa shape index (κ2) is 3.53. The van der Waals surface area contributed by atoms with Gasteiger partial charge in [0.2, 0.25) is 0 Å². The van der Waals surface area contributed by atoms with Crippen LogP contribution in [0.25, 0.3) is 0 Å². The maximum Gasteiger partial charge on any atom is 0.266 e. The van der Waals surface area contributed by atoms with E-state index in [1.54, 1.807) is 0 Å². The van der Waals surface area contributed by atoms with Crippen molar-refractivity contribution in [1.82, 2.24) is 4.98 Å². The molecule has 0 fully saturated rings. The van der Waals surface area contributed by atoms with Crippen molar-refractivity contribution >= 4 is 11.5 Å². The fourth-order valence-corrected chi connectivity index (χ4v) is 0.988. The second-order valence-corrected chi connectivity index (χ2v) is 2.50. The summed E-state index contributed by atoms with van der Waals surface area (Å²) < 4.78 is 24.6. The summed E-state index contributed by atoms with van der Waals surface area (Å²) in [5.41, 5.74) is 15.7. The quantitative estimate of drug-likeness (QED) is 0.635. The van der Waals surface area contributed by atoms with E-state index in [4.69, 9.17) is 17.2 Å². The van der Waals surface area contributed by atoms with Crippen LogP contribution in [0.15, 0.2) is 6.07 Å². The summed E-state index contributed by atoms with van der Waals surface area (Å²) in [7, 11) is 0. The van der Waals surface area contributed by atoms with Crippen LogP contribution in [-0.4, -0.2) is 4.98 Å². The molecule has 0 aromatic carbocycles. The van der Waals surface area contributed by atoms with Crippen LogP contribution in [0.3, 0.4) is 0 Å². The molecule has 0 saturated carbocycles. The Morgan fingerprint density at radius 1 is 1.38 bits per heavy atom. The van der Waals surface area contributed by atoms with Gasteiger partial charge >= 0.3 is 0 Å². The zero-order valence-corrected chi connectivity index (χ0v) is 6.80. The predicted molar refractivity (Wildman–Crippen MR) is 45.9 cm³/mol. The summed E-state index contributed by atoms with van der Waals surface area (Å²) >= 11 is 0. The van der Waals surface area contributed by atoms with Crippen molar-refractivity contribution in [3.05, 3.63) is 17.3 Å². The molecule has 6 heteroatoms. The van der Waals surface area contributed by atoms with Crippen molar-refractivity contribution in [2.45, 2.75) is 13.0 Å². The molecular weight excluding hydrogens is 178 g/mol. The number of nitrogen functional groups attached to an aromatic ring is 2. The maximum absolute atomic E-state index is 12.3. The highest BCUT2D eigenvalue weighted by Crippen LogP contribution is 2.27. The molecule has 0 aliphatic heterocycles. The Morgan fingerprint density at radius 3 is 2.46 bits per heavy atom. The van der Waals surface area contributed by atoms with Crippen molar-refractivity contribution in [3.63, 3.8) is 0 Å². The average molecular weight is 188 g/mol. The van der Waals surface area contributed by atoms with E-state index < -0.39 is 6.43 Å². The molecule has 1 heterocycles. The van der Waals surface area contributed by atoms with Crippen molar-refractivity contribution in [1.29, 1.82) is 0 Å². The van der Waals surface area contributed by atoms with Crippen molar-refractivity contribution in [2.24, 2.45) is 5.73 Å². The normalized spacial score (nSPS) is 10.8. The summed E-state index contributed by atoms with van der Waals surface area (Å²) in [6, 6.07) is 1.05. The molecule has 1 aromatic rings. The molecular formula is C7H10F2N4. The first-order valence-electron chi connectivity index (χ1n) is 3.59. The van der Waals surface area contributed by atoms with Gasteiger partial charge < -0.3 is 17.2 Å². The lowest BCUT2D eigenvalue weighted by molar-refractivity contribution is 0.152. The Hall–Kier alpha value is -1.43. The summed E-state index contributed by atoms with van der Waals surface area (Å²) in [4.78, 5) is 3.73. The van der Waals surface area contributed by atoms with Crippen LogP contribution in [0.5, 0.6) is 0 Å². The number of alkyl halides is 2. The van der Waals surface area contributed by atoms with E-state index in [0.29, 0.717) is 0 Å². The van der Waals surface area contributed by atoms with Gasteiger partial charge in [-0.15, -0.1) is 0 Å². The lowest BCUT2D eigenvalue weighted by atomic mass is 10.1. The maximum atomic E-state index is 12.3. The third-order valence-electron chi connectivity index (χ3n) is 1.62. The number of aromatic nitrogens is 1. The van der Waals surface area contributed by atoms with Crippen molar-refractivity contribution < 1.29 is 8.78 Å². The smallest absolute Gasteiger partial charge is 0.266 e. The fraction of sp³-hybridized carbons (Fsp3) is 0.286. The SMILES string of the molecule is NCc1nc(N)cc(C(F)F)c1N. The number of halogens is 2. The monoisotopic (exact) mass is 188 g/mol. The Kier molecular flexibility index (Phi) is 2.62. The number of hydrogen-bond acceptors (Lipinski definition) is 4. The van der Waals surface area contributed by atoms with Crippen molar-refractivity contribution in [3.8, 4) is 0 Å². The highest BCUT2D eigenvalue weighted by molar-refractivity contribution is 5.56. The van der Waals surface area contributed by atoms with Gasteiger partial charge in [-0.3, -0.25) is 0 Å². The average Bonchev–Trinajstić information content (AvgIpc) is 2.08. The van der Waals surface area contributed by atoms with Crippen LogP contribution >= 0.6 is 0 Å². The number of anilines is 2. The van der Waals surface area contributed by atoms with Gasteiger partial charge in [0.25, 0.3) is 6.43 Å². The van der Waals surface area contributed by atoms with Crippen LogP contribution in [0.2, 0.25) is 0 Å². The van der Waals surface area contributed by atoms with E-state index in [1.165, 1.54) is 0 Å². The second-order valence-electron chi connectivity index (χ2n) is 2.50. The molecule has 4 nitrogen and oxygen atoms in total. The van der Waals surface area contributed by atoms with E-state index in [-0.39, 0.29) is 29.3 Å². The Morgan fingerprint density at radius 2 is 2.00 bits per heavy atom. The summed E-state index contributed by atoms with van der Waals surface area (Å²) in [5, 5.41) is 0. The molecule has 0 bridgehead atoms. The van der Waals surface area contributed by atoms with E-state index in [9.17, 15) is 8.78 Å². The van der Waals surface area contributed by atoms with E-state index in [0.717, 1.165) is 6.07 Å². The molecule has 0 saturated heterocycles. The summed E-state index contributed by atoms with van der Waals surface area (Å²) in [6.45, 7) is -0.00338. The van der Waals surface area contributed by atoms with E-state index >= 15 is 0 Å². The van der Waals surface area contributed by atoms with Gasteiger partial charge in [0.05, 0.1) is 11.4 Å². The van der Waals surface area contributed by atoms with Gasteiger partial charge in [-0.25, -0.2) is 13.8 Å². The van der Waals surface area contributed by atoms with Gasteiger partial charge in [-0.1, -0.05) is 0 Å². The largest absolute Gasteiger partial charge is 0.397 e. The lowest BCUT2D eigenvalue weighted by Crippen LogP contribution is -2.09. The molecule has 0 spiro atoms. The first kappa shape index (κ1) is 9.66. The molecule has 0 aliphatic rings. The standard InChI is InChI=1S/C7H10F2N4/c8-7(9)3-1-5(11)13-4(2-10)6(3)12/h1,7H,2,10,12H2,(H2,11,13). The zero-order valence-electron chi connectivity index (χ0n) is 6.80. The molecule has 0 atom stereocenters. The molecule has 6 N–H and O–H groups in total. The zero-order chi connectivity index (χ0) is 10.0. The lowest BCUT2D eigenvalue weighted by Gasteiger charge is -2.09. The molecule has 1 rings (SSSR count). The molecule has 0 amide bonds. The molecule has 13 heavy (non-hydrogen) atoms. The van der Waals surface area contributed by atoms with Crippen LogP contribution in [-0.2, 0) is 6.54 Å². The number of hydrogen-bond donors (Lipinski definition) is 3. The Balaban J connectivity index is 3.27. The number of nitrogens with zero attached hydrogens (tertiary/aromatic N) is 1. The third-order valence-corrected chi connectivity index (χ3v) is 1.62. The molecule has 0 aliphatic carbocycles. The predicted octanol–water partition coefficient (Wildman–Crippen LogP) is 0.642. The number of rotatable bonds is 2. The van der Waals surface area contributed by atoms with Crippen LogP contribution < -0.4 is 17.2 Å². The highest BCUT2D eigenvalue weighted by atomic mass is 19.3. The first-order chi connectivity index (χ1) is 6.06. The summed E-state index contributed by atoms with van der Waals surface area (Å²) in [5.74, 6) is 0.00458. The van der Waals surface area contributed by atoms with Gasteiger partial charge in [0.15, 0.2) is 0 Å². The Labute approximate surface area is 73.7 Å². The fourth-order valence-electron chi connectivity index (χ4n) is 0.988. The van der Waals surface area contributed by atoms with E-state index in [2.05, 4.69) is 4.98 Å².